The molecule has 3 rings (SSSR count). The number of esters is 1. The van der Waals surface area contributed by atoms with Gasteiger partial charge < -0.3 is 14.4 Å². The van der Waals surface area contributed by atoms with Gasteiger partial charge in [-0.3, -0.25) is 14.4 Å². The molecule has 0 aromatic carbocycles. The highest BCUT2D eigenvalue weighted by Crippen LogP contribution is 2.50. The summed E-state index contributed by atoms with van der Waals surface area (Å²) in [5.41, 5.74) is -0.335. The number of carbonyl (C=O) groups is 3. The molecule has 3 aliphatic rings. The largest absolute Gasteiger partial charge is 0.457 e. The van der Waals surface area contributed by atoms with Crippen LogP contribution in [-0.2, 0) is 23.9 Å². The van der Waals surface area contributed by atoms with Crippen molar-refractivity contribution in [1.29, 1.82) is 0 Å². The molecule has 3 aliphatic heterocycles. The number of rotatable bonds is 6. The Morgan fingerprint density at radius 2 is 2.08 bits per heavy atom. The molecule has 6 heteroatoms. The van der Waals surface area contributed by atoms with Gasteiger partial charge in [0.2, 0.25) is 5.91 Å². The van der Waals surface area contributed by atoms with Crippen molar-refractivity contribution in [3.63, 3.8) is 0 Å². The van der Waals surface area contributed by atoms with E-state index in [-0.39, 0.29) is 53.8 Å². The lowest BCUT2D eigenvalue weighted by molar-refractivity contribution is -0.156. The number of allylic oxidation sites excluding steroid dienone is 1. The van der Waals surface area contributed by atoms with E-state index in [0.29, 0.717) is 19.3 Å². The van der Waals surface area contributed by atoms with Crippen LogP contribution >= 0.6 is 0 Å². The van der Waals surface area contributed by atoms with E-state index in [1.807, 2.05) is 25.7 Å². The average molecular weight is 335 g/mol. The van der Waals surface area contributed by atoms with Crippen LogP contribution in [0.3, 0.4) is 0 Å². The first-order valence-corrected chi connectivity index (χ1v) is 8.57. The Bertz CT molecular complexity index is 578. The fourth-order valence-corrected chi connectivity index (χ4v) is 4.18. The molecule has 5 unspecified atom stereocenters. The zero-order chi connectivity index (χ0) is 17.6. The maximum atomic E-state index is 12.6. The van der Waals surface area contributed by atoms with Crippen LogP contribution in [0.4, 0.5) is 0 Å². The molecular formula is C18H25NO5. The number of fused-ring (bicyclic) bond motifs is 1. The first-order chi connectivity index (χ1) is 11.2. The molecule has 0 radical (unpaired) electrons. The minimum atomic E-state index is -0.403. The summed E-state index contributed by atoms with van der Waals surface area (Å²) in [7, 11) is 0. The van der Waals surface area contributed by atoms with E-state index in [1.54, 1.807) is 0 Å². The second-order valence-corrected chi connectivity index (χ2v) is 7.83. The molecule has 3 heterocycles. The summed E-state index contributed by atoms with van der Waals surface area (Å²) in [4.78, 5) is 37.8. The Hall–Kier alpha value is -1.69. The van der Waals surface area contributed by atoms with E-state index < -0.39 is 6.10 Å². The molecule has 132 valence electrons. The maximum Gasteiger partial charge on any atom is 0.306 e. The van der Waals surface area contributed by atoms with Gasteiger partial charge in [0.1, 0.15) is 0 Å². The smallest absolute Gasteiger partial charge is 0.306 e. The second kappa shape index (κ2) is 5.99. The normalized spacial score (nSPS) is 33.9. The second-order valence-electron chi connectivity index (χ2n) is 7.83. The highest BCUT2D eigenvalue weighted by Gasteiger charge is 2.67. The monoisotopic (exact) mass is 335 g/mol. The van der Waals surface area contributed by atoms with Gasteiger partial charge in [-0.25, -0.2) is 0 Å². The quantitative estimate of drug-likeness (QED) is 0.545. The number of likely N-dealkylation sites (tertiary alicyclic amines) is 1. The number of ether oxygens (including phenoxy) is 2. The van der Waals surface area contributed by atoms with Crippen LogP contribution in [0.25, 0.3) is 0 Å². The van der Waals surface area contributed by atoms with Crippen molar-refractivity contribution in [2.75, 3.05) is 0 Å². The van der Waals surface area contributed by atoms with Crippen LogP contribution in [0.2, 0.25) is 0 Å². The molecule has 0 saturated carbocycles. The Kier molecular flexibility index (Phi) is 4.28. The lowest BCUT2D eigenvalue weighted by atomic mass is 9.87. The van der Waals surface area contributed by atoms with Gasteiger partial charge >= 0.3 is 5.97 Å². The Labute approximate surface area is 142 Å². The van der Waals surface area contributed by atoms with Crippen LogP contribution in [0.1, 0.15) is 46.5 Å². The molecule has 6 nitrogen and oxygen atoms in total. The third kappa shape index (κ3) is 2.77. The van der Waals surface area contributed by atoms with Crippen molar-refractivity contribution in [3.8, 4) is 0 Å². The van der Waals surface area contributed by atoms with Crippen molar-refractivity contribution >= 4 is 17.7 Å². The minimum Gasteiger partial charge on any atom is -0.457 e. The van der Waals surface area contributed by atoms with Crippen LogP contribution in [0, 0.1) is 5.92 Å². The Morgan fingerprint density at radius 1 is 1.38 bits per heavy atom. The SMILES string of the molecule is C=CC(=O)CCCC(=O)OC1C2CC3C(=O)N(C(C)(C)C)C1C3O2. The number of hydrogen-bond acceptors (Lipinski definition) is 5. The van der Waals surface area contributed by atoms with Gasteiger partial charge in [0.25, 0.3) is 0 Å². The molecule has 0 N–H and O–H groups in total. The Morgan fingerprint density at radius 3 is 2.71 bits per heavy atom. The van der Waals surface area contributed by atoms with E-state index in [0.717, 1.165) is 0 Å². The lowest BCUT2D eigenvalue weighted by Crippen LogP contribution is -2.53. The van der Waals surface area contributed by atoms with Gasteiger partial charge in [-0.1, -0.05) is 6.58 Å². The van der Waals surface area contributed by atoms with Gasteiger partial charge in [-0.2, -0.15) is 0 Å². The van der Waals surface area contributed by atoms with Crippen molar-refractivity contribution in [3.05, 3.63) is 12.7 Å². The third-order valence-corrected chi connectivity index (χ3v) is 5.13. The Balaban J connectivity index is 1.64. The fraction of sp³-hybridized carbons (Fsp3) is 0.722. The van der Waals surface area contributed by atoms with Gasteiger partial charge in [0, 0.05) is 18.4 Å². The number of amides is 1. The number of nitrogens with zero attached hydrogens (tertiary/aromatic N) is 1. The molecule has 5 atom stereocenters. The number of hydrogen-bond donors (Lipinski definition) is 0. The average Bonchev–Trinajstić information content (AvgIpc) is 3.10. The summed E-state index contributed by atoms with van der Waals surface area (Å²) < 4.78 is 11.6. The zero-order valence-electron chi connectivity index (χ0n) is 14.5. The number of ketones is 1. The highest BCUT2D eigenvalue weighted by molar-refractivity contribution is 5.89. The third-order valence-electron chi connectivity index (χ3n) is 5.13. The van der Waals surface area contributed by atoms with E-state index in [4.69, 9.17) is 9.47 Å². The van der Waals surface area contributed by atoms with Gasteiger partial charge in [0.05, 0.1) is 24.2 Å². The van der Waals surface area contributed by atoms with Crippen molar-refractivity contribution in [2.24, 2.45) is 5.92 Å². The van der Waals surface area contributed by atoms with E-state index in [2.05, 4.69) is 6.58 Å². The lowest BCUT2D eigenvalue weighted by Gasteiger charge is -2.38. The van der Waals surface area contributed by atoms with Crippen molar-refractivity contribution in [2.45, 2.75) is 76.3 Å². The van der Waals surface area contributed by atoms with Crippen molar-refractivity contribution < 1.29 is 23.9 Å². The van der Waals surface area contributed by atoms with Crippen LogP contribution in [0.5, 0.6) is 0 Å². The summed E-state index contributed by atoms with van der Waals surface area (Å²) in [6.07, 6.45) is 2.05. The zero-order valence-corrected chi connectivity index (χ0v) is 14.5. The van der Waals surface area contributed by atoms with E-state index >= 15 is 0 Å². The molecule has 0 aliphatic carbocycles. The summed E-state index contributed by atoms with van der Waals surface area (Å²) in [6.45, 7) is 9.38. The standard InChI is InChI=1S/C18H25NO5/c1-5-10(20)7-6-8-13(21)24-16-12-9-11-15(23-12)14(16)19(17(11)22)18(2,3)4/h5,11-12,14-16H,1,6-9H2,2-4H3. The van der Waals surface area contributed by atoms with Gasteiger partial charge in [0.15, 0.2) is 11.9 Å². The first-order valence-electron chi connectivity index (χ1n) is 8.57. The molecular weight excluding hydrogens is 310 g/mol. The molecule has 2 bridgehead atoms. The molecule has 1 amide bonds. The fourth-order valence-electron chi connectivity index (χ4n) is 4.18. The first kappa shape index (κ1) is 17.1. The molecule has 0 aromatic rings. The molecule has 3 fully saturated rings. The molecule has 3 saturated heterocycles. The number of carbonyl (C=O) groups excluding carboxylic acids is 3. The van der Waals surface area contributed by atoms with Crippen LogP contribution in [-0.4, -0.2) is 52.5 Å². The van der Waals surface area contributed by atoms with Crippen molar-refractivity contribution in [1.82, 2.24) is 4.90 Å². The minimum absolute atomic E-state index is 0.0748. The van der Waals surface area contributed by atoms with E-state index in [9.17, 15) is 14.4 Å². The highest BCUT2D eigenvalue weighted by atomic mass is 16.6. The van der Waals surface area contributed by atoms with Gasteiger partial charge in [-0.05, 0) is 39.7 Å². The van der Waals surface area contributed by atoms with Gasteiger partial charge in [-0.15, -0.1) is 0 Å². The maximum absolute atomic E-state index is 12.6. The van der Waals surface area contributed by atoms with Crippen LogP contribution < -0.4 is 0 Å². The van der Waals surface area contributed by atoms with E-state index in [1.165, 1.54) is 6.08 Å². The molecule has 0 spiro atoms. The summed E-state index contributed by atoms with van der Waals surface area (Å²) in [6, 6.07) is -0.194. The molecule has 0 aromatic heterocycles. The summed E-state index contributed by atoms with van der Waals surface area (Å²) in [5.74, 6) is -0.401. The predicted octanol–water partition coefficient (Wildman–Crippen LogP) is 1.62. The van der Waals surface area contributed by atoms with Crippen LogP contribution in [0.15, 0.2) is 12.7 Å². The topological polar surface area (TPSA) is 72.9 Å². The summed E-state index contributed by atoms with van der Waals surface area (Å²) in [5, 5.41) is 0. The predicted molar refractivity (Wildman–Crippen MR) is 86.1 cm³/mol. The molecule has 24 heavy (non-hydrogen) atoms. The summed E-state index contributed by atoms with van der Waals surface area (Å²) >= 11 is 0.